The lowest BCUT2D eigenvalue weighted by atomic mass is 9.57. The molecule has 1 heterocycles. The van der Waals surface area contributed by atoms with Crippen molar-refractivity contribution in [1.82, 2.24) is 4.90 Å². The number of hydrogen-bond acceptors (Lipinski definition) is 3. The van der Waals surface area contributed by atoms with E-state index in [0.29, 0.717) is 0 Å². The highest BCUT2D eigenvalue weighted by atomic mass is 19.4. The Labute approximate surface area is 158 Å². The van der Waals surface area contributed by atoms with Crippen molar-refractivity contribution in [3.63, 3.8) is 0 Å². The molecule has 0 saturated carbocycles. The Morgan fingerprint density at radius 3 is 2.41 bits per heavy atom. The molecule has 1 aromatic rings. The third kappa shape index (κ3) is 3.85. The molecule has 4 radical (unpaired) electrons. The molecule has 1 unspecified atom stereocenters. The minimum Gasteiger partial charge on any atom is -0.368 e. The second kappa shape index (κ2) is 7.22. The molecular weight excluding hydrogens is 357 g/mol. The van der Waals surface area contributed by atoms with Crippen molar-refractivity contribution in [2.45, 2.75) is 56.7 Å². The molecule has 142 valence electrons. The van der Waals surface area contributed by atoms with Crippen molar-refractivity contribution in [3.05, 3.63) is 34.4 Å². The Morgan fingerprint density at radius 1 is 1.33 bits per heavy atom. The van der Waals surface area contributed by atoms with Crippen LogP contribution in [0.2, 0.25) is 0 Å². The van der Waals surface area contributed by atoms with E-state index in [2.05, 4.69) is 0 Å². The number of benzene rings is 1. The summed E-state index contributed by atoms with van der Waals surface area (Å²) in [6, 6.07) is 0.550. The van der Waals surface area contributed by atoms with Crippen LogP contribution >= 0.6 is 0 Å². The van der Waals surface area contributed by atoms with Crippen LogP contribution in [-0.2, 0) is 27.5 Å². The largest absolute Gasteiger partial charge is 0.416 e. The van der Waals surface area contributed by atoms with Gasteiger partial charge in [0.25, 0.3) is 0 Å². The first-order valence-electron chi connectivity index (χ1n) is 8.51. The summed E-state index contributed by atoms with van der Waals surface area (Å²) in [6.45, 7) is 3.15. The highest BCUT2D eigenvalue weighted by Crippen LogP contribution is 2.46. The van der Waals surface area contributed by atoms with Crippen LogP contribution in [0.5, 0.6) is 0 Å². The number of fused-ring (bicyclic) bond motifs is 1. The number of aryl methyl sites for hydroxylation is 1. The molecule has 5 nitrogen and oxygen atoms in total. The van der Waals surface area contributed by atoms with Gasteiger partial charge >= 0.3 is 6.18 Å². The van der Waals surface area contributed by atoms with Crippen LogP contribution in [0.4, 0.5) is 13.2 Å². The number of nitrogens with two attached hydrogens (primary N) is 2. The molecule has 0 saturated heterocycles. The van der Waals surface area contributed by atoms with Crippen LogP contribution in [-0.4, -0.2) is 38.4 Å². The van der Waals surface area contributed by atoms with Crippen LogP contribution < -0.4 is 11.5 Å². The number of halogens is 3. The van der Waals surface area contributed by atoms with Gasteiger partial charge in [0.1, 0.15) is 0 Å². The molecule has 2 rings (SSSR count). The molecule has 2 atom stereocenters. The van der Waals surface area contributed by atoms with Gasteiger partial charge in [-0.05, 0) is 47.9 Å². The molecule has 0 spiro atoms. The number of rotatable bonds is 5. The Hall–Kier alpha value is -1.96. The minimum absolute atomic E-state index is 0.0160. The first kappa shape index (κ1) is 21.3. The standard InChI is InChI=1S/C17H20B2F3N3O2/c1-3-9-6-12-10(7-11(9)17(20,21)22)8(2)25(16(12,18)19)14(26)5-4-13(23)15(24)27/h6-8,13H,3-5,23H2,1-2H3,(H2,24,27)/t8-,13?/m1/s1. The second-order valence-corrected chi connectivity index (χ2v) is 6.76. The first-order chi connectivity index (χ1) is 12.3. The number of hydrogen-bond donors (Lipinski definition) is 2. The predicted octanol–water partition coefficient (Wildman–Crippen LogP) is 1.21. The average molecular weight is 377 g/mol. The van der Waals surface area contributed by atoms with Gasteiger partial charge in [-0.25, -0.2) is 0 Å². The Morgan fingerprint density at radius 2 is 1.93 bits per heavy atom. The van der Waals surface area contributed by atoms with Crippen molar-refractivity contribution in [2.75, 3.05) is 0 Å². The quantitative estimate of drug-likeness (QED) is 0.757. The summed E-state index contributed by atoms with van der Waals surface area (Å²) in [4.78, 5) is 24.8. The molecular formula is C17H20B2F3N3O2. The summed E-state index contributed by atoms with van der Waals surface area (Å²) >= 11 is 0. The monoisotopic (exact) mass is 377 g/mol. The van der Waals surface area contributed by atoms with E-state index in [1.54, 1.807) is 13.8 Å². The normalized spacial score (nSPS) is 19.6. The smallest absolute Gasteiger partial charge is 0.368 e. The second-order valence-electron chi connectivity index (χ2n) is 6.76. The summed E-state index contributed by atoms with van der Waals surface area (Å²) < 4.78 is 40.1. The maximum Gasteiger partial charge on any atom is 0.416 e. The molecule has 0 aromatic heterocycles. The van der Waals surface area contributed by atoms with Crippen LogP contribution in [0.3, 0.4) is 0 Å². The first-order valence-corrected chi connectivity index (χ1v) is 8.51. The van der Waals surface area contributed by atoms with Gasteiger partial charge in [0.2, 0.25) is 11.8 Å². The van der Waals surface area contributed by atoms with Crippen LogP contribution in [0, 0.1) is 0 Å². The van der Waals surface area contributed by atoms with Gasteiger partial charge in [0.05, 0.1) is 33.3 Å². The molecule has 1 aliphatic rings. The predicted molar refractivity (Wildman–Crippen MR) is 95.7 cm³/mol. The van der Waals surface area contributed by atoms with Crippen molar-refractivity contribution in [3.8, 4) is 0 Å². The summed E-state index contributed by atoms with van der Waals surface area (Å²) in [5.41, 5.74) is 10.4. The molecule has 2 amide bonds. The topological polar surface area (TPSA) is 89.4 Å². The van der Waals surface area contributed by atoms with E-state index in [0.717, 1.165) is 11.0 Å². The lowest BCUT2D eigenvalue weighted by Gasteiger charge is -2.37. The summed E-state index contributed by atoms with van der Waals surface area (Å²) in [6.07, 6.45) is -4.57. The van der Waals surface area contributed by atoms with E-state index in [1.807, 2.05) is 0 Å². The zero-order chi connectivity index (χ0) is 20.7. The summed E-state index contributed by atoms with van der Waals surface area (Å²) in [5, 5.41) is -1.77. The number of primary amides is 1. The van der Waals surface area contributed by atoms with Crippen LogP contribution in [0.15, 0.2) is 12.1 Å². The van der Waals surface area contributed by atoms with Gasteiger partial charge < -0.3 is 16.4 Å². The number of alkyl halides is 3. The highest BCUT2D eigenvalue weighted by molar-refractivity contribution is 6.41. The lowest BCUT2D eigenvalue weighted by Crippen LogP contribution is -2.47. The average Bonchev–Trinajstić information content (AvgIpc) is 2.76. The summed E-state index contributed by atoms with van der Waals surface area (Å²) in [5.74, 6) is -1.28. The molecule has 27 heavy (non-hydrogen) atoms. The van der Waals surface area contributed by atoms with E-state index in [4.69, 9.17) is 27.2 Å². The van der Waals surface area contributed by atoms with Crippen molar-refractivity contribution < 1.29 is 22.8 Å². The van der Waals surface area contributed by atoms with Gasteiger partial charge in [-0.1, -0.05) is 13.0 Å². The van der Waals surface area contributed by atoms with Gasteiger partial charge in [-0.15, -0.1) is 0 Å². The van der Waals surface area contributed by atoms with Crippen molar-refractivity contribution in [2.24, 2.45) is 11.5 Å². The Balaban J connectivity index is 2.41. The number of nitrogens with zero attached hydrogens (tertiary/aromatic N) is 1. The fraction of sp³-hybridized carbons (Fsp3) is 0.529. The number of carbonyl (C=O) groups excluding carboxylic acids is 2. The number of carbonyl (C=O) groups is 2. The zero-order valence-electron chi connectivity index (χ0n) is 15.1. The van der Waals surface area contributed by atoms with Crippen LogP contribution in [0.1, 0.15) is 55.0 Å². The van der Waals surface area contributed by atoms with Gasteiger partial charge in [-0.2, -0.15) is 13.2 Å². The maximum absolute atomic E-state index is 13.4. The highest BCUT2D eigenvalue weighted by Gasteiger charge is 2.45. The third-order valence-corrected chi connectivity index (χ3v) is 4.93. The Kier molecular flexibility index (Phi) is 5.71. The van der Waals surface area contributed by atoms with E-state index in [1.165, 1.54) is 6.07 Å². The fourth-order valence-electron chi connectivity index (χ4n) is 3.46. The van der Waals surface area contributed by atoms with E-state index < -0.39 is 41.0 Å². The zero-order valence-corrected chi connectivity index (χ0v) is 15.1. The molecule has 0 bridgehead atoms. The minimum atomic E-state index is -4.53. The number of amides is 2. The molecule has 4 N–H and O–H groups in total. The van der Waals surface area contributed by atoms with E-state index >= 15 is 0 Å². The fourth-order valence-corrected chi connectivity index (χ4v) is 3.46. The SMILES string of the molecule is [B]C1([B])c2cc(CC)c(C(F)(F)F)cc2[C@@H](C)N1C(=O)CCC(N)C(N)=O. The van der Waals surface area contributed by atoms with E-state index in [-0.39, 0.29) is 36.0 Å². The van der Waals surface area contributed by atoms with Crippen molar-refractivity contribution in [1.29, 1.82) is 0 Å². The van der Waals surface area contributed by atoms with Crippen molar-refractivity contribution >= 4 is 27.5 Å². The summed E-state index contributed by atoms with van der Waals surface area (Å²) in [7, 11) is 12.3. The van der Waals surface area contributed by atoms with Gasteiger partial charge in [-0.3, -0.25) is 9.59 Å². The lowest BCUT2D eigenvalue weighted by molar-refractivity contribution is -0.138. The van der Waals surface area contributed by atoms with Crippen LogP contribution in [0.25, 0.3) is 0 Å². The molecule has 10 heteroatoms. The van der Waals surface area contributed by atoms with Gasteiger partial charge in [0, 0.05) is 6.42 Å². The molecule has 1 aromatic carbocycles. The molecule has 0 aliphatic carbocycles. The van der Waals surface area contributed by atoms with Gasteiger partial charge in [0.15, 0.2) is 0 Å². The maximum atomic E-state index is 13.4. The third-order valence-electron chi connectivity index (χ3n) is 4.93. The molecule has 0 fully saturated rings. The Bertz CT molecular complexity index is 769. The van der Waals surface area contributed by atoms with E-state index in [9.17, 15) is 22.8 Å². The molecule has 1 aliphatic heterocycles.